The van der Waals surface area contributed by atoms with Crippen LogP contribution >= 0.6 is 0 Å². The molecule has 3 heteroatoms. The highest BCUT2D eigenvalue weighted by Crippen LogP contribution is 2.34. The molecule has 3 nitrogen and oxygen atoms in total. The summed E-state index contributed by atoms with van der Waals surface area (Å²) in [6.45, 7) is 23.6. The van der Waals surface area contributed by atoms with E-state index in [1.165, 1.54) is 77.9 Å². The molecule has 0 bridgehead atoms. The first-order valence-electron chi connectivity index (χ1n) is 11.4. The van der Waals surface area contributed by atoms with Crippen molar-refractivity contribution in [3.8, 4) is 0 Å². The first-order valence-corrected chi connectivity index (χ1v) is 11.4. The van der Waals surface area contributed by atoms with Crippen LogP contribution in [-0.4, -0.2) is 71.6 Å². The molecule has 0 aromatic carbocycles. The van der Waals surface area contributed by atoms with E-state index in [-0.39, 0.29) is 0 Å². The molecule has 152 valence electrons. The summed E-state index contributed by atoms with van der Waals surface area (Å²) in [5, 5.41) is 0. The highest BCUT2D eigenvalue weighted by molar-refractivity contribution is 4.89. The van der Waals surface area contributed by atoms with Crippen LogP contribution in [0.15, 0.2) is 0 Å². The van der Waals surface area contributed by atoms with Crippen LogP contribution in [0.1, 0.15) is 73.6 Å². The van der Waals surface area contributed by atoms with Crippen LogP contribution < -0.4 is 0 Å². The van der Waals surface area contributed by atoms with Crippen molar-refractivity contribution < 1.29 is 0 Å². The van der Waals surface area contributed by atoms with Gasteiger partial charge in [-0.15, -0.1) is 0 Å². The summed E-state index contributed by atoms with van der Waals surface area (Å²) in [6, 6.07) is 0. The van der Waals surface area contributed by atoms with Gasteiger partial charge < -0.3 is 4.90 Å². The Kier molecular flexibility index (Phi) is 6.41. The van der Waals surface area contributed by atoms with E-state index < -0.39 is 0 Å². The van der Waals surface area contributed by atoms with Gasteiger partial charge in [-0.25, -0.2) is 0 Å². The van der Waals surface area contributed by atoms with E-state index in [1.807, 2.05) is 0 Å². The van der Waals surface area contributed by atoms with E-state index in [2.05, 4.69) is 56.2 Å². The summed E-state index contributed by atoms with van der Waals surface area (Å²) in [7, 11) is 0. The van der Waals surface area contributed by atoms with E-state index in [9.17, 15) is 0 Å². The molecule has 0 saturated carbocycles. The van der Waals surface area contributed by atoms with Crippen LogP contribution in [0, 0.1) is 17.8 Å². The van der Waals surface area contributed by atoms with Crippen molar-refractivity contribution in [1.29, 1.82) is 0 Å². The van der Waals surface area contributed by atoms with Gasteiger partial charge in [0.2, 0.25) is 0 Å². The summed E-state index contributed by atoms with van der Waals surface area (Å²) >= 11 is 0. The van der Waals surface area contributed by atoms with E-state index in [4.69, 9.17) is 0 Å². The van der Waals surface area contributed by atoms with Gasteiger partial charge in [-0.05, 0) is 124 Å². The van der Waals surface area contributed by atoms with Gasteiger partial charge in [0.1, 0.15) is 0 Å². The normalized spacial score (nSPS) is 29.5. The van der Waals surface area contributed by atoms with Crippen molar-refractivity contribution in [2.24, 2.45) is 17.8 Å². The van der Waals surface area contributed by atoms with Gasteiger partial charge in [0, 0.05) is 24.2 Å². The number of likely N-dealkylation sites (tertiary alicyclic amines) is 3. The van der Waals surface area contributed by atoms with Crippen LogP contribution in [-0.2, 0) is 0 Å². The molecule has 0 aliphatic carbocycles. The summed E-state index contributed by atoms with van der Waals surface area (Å²) in [4.78, 5) is 8.19. The zero-order valence-corrected chi connectivity index (χ0v) is 18.6. The molecule has 0 radical (unpaired) electrons. The minimum Gasteiger partial charge on any atom is -0.303 e. The Bertz CT molecular complexity index is 431. The maximum Gasteiger partial charge on any atom is 0.0125 e. The molecule has 26 heavy (non-hydrogen) atoms. The number of hydrogen-bond donors (Lipinski definition) is 0. The zero-order valence-electron chi connectivity index (χ0n) is 18.6. The third-order valence-electron chi connectivity index (χ3n) is 7.54. The van der Waals surface area contributed by atoms with Gasteiger partial charge in [0.15, 0.2) is 0 Å². The quantitative estimate of drug-likeness (QED) is 0.739. The second-order valence-corrected chi connectivity index (χ2v) is 11.4. The summed E-state index contributed by atoms with van der Waals surface area (Å²) < 4.78 is 0. The van der Waals surface area contributed by atoms with Crippen molar-refractivity contribution in [2.75, 3.05) is 45.8 Å². The second-order valence-electron chi connectivity index (χ2n) is 11.4. The Hall–Kier alpha value is -0.120. The lowest BCUT2D eigenvalue weighted by molar-refractivity contribution is 0.0668. The topological polar surface area (TPSA) is 9.72 Å². The fourth-order valence-electron chi connectivity index (χ4n) is 5.61. The monoisotopic (exact) mass is 363 g/mol. The van der Waals surface area contributed by atoms with Crippen LogP contribution in [0.4, 0.5) is 0 Å². The third-order valence-corrected chi connectivity index (χ3v) is 7.54. The van der Waals surface area contributed by atoms with E-state index in [1.54, 1.807) is 0 Å². The number of piperidine rings is 2. The van der Waals surface area contributed by atoms with Crippen molar-refractivity contribution in [2.45, 2.75) is 84.7 Å². The minimum atomic E-state index is 0.353. The average molecular weight is 364 g/mol. The molecular weight excluding hydrogens is 318 g/mol. The summed E-state index contributed by atoms with van der Waals surface area (Å²) in [6.07, 6.45) is 7.13. The lowest BCUT2D eigenvalue weighted by Crippen LogP contribution is -2.47. The average Bonchev–Trinajstić information content (AvgIpc) is 3.02. The highest BCUT2D eigenvalue weighted by Gasteiger charge is 2.35. The fraction of sp³-hybridized carbons (Fsp3) is 1.00. The third kappa shape index (κ3) is 5.23. The van der Waals surface area contributed by atoms with E-state index in [0.717, 1.165) is 17.8 Å². The van der Waals surface area contributed by atoms with E-state index in [0.29, 0.717) is 11.1 Å². The zero-order chi connectivity index (χ0) is 18.9. The summed E-state index contributed by atoms with van der Waals surface area (Å²) in [5.41, 5.74) is 0.709. The molecule has 3 saturated heterocycles. The van der Waals surface area contributed by atoms with Crippen molar-refractivity contribution in [3.63, 3.8) is 0 Å². The molecule has 3 aliphatic rings. The first kappa shape index (κ1) is 20.6. The minimum absolute atomic E-state index is 0.353. The Balaban J connectivity index is 1.39. The fourth-order valence-corrected chi connectivity index (χ4v) is 5.61. The molecule has 0 N–H and O–H groups in total. The molecular formula is C23H45N3. The predicted octanol–water partition coefficient (Wildman–Crippen LogP) is 4.33. The van der Waals surface area contributed by atoms with Crippen LogP contribution in [0.3, 0.4) is 0 Å². The maximum absolute atomic E-state index is 2.82. The lowest BCUT2D eigenvalue weighted by atomic mass is 9.82. The van der Waals surface area contributed by atoms with Gasteiger partial charge in [-0.1, -0.05) is 0 Å². The lowest BCUT2D eigenvalue weighted by Gasteiger charge is -2.42. The molecule has 0 aromatic heterocycles. The van der Waals surface area contributed by atoms with Crippen LogP contribution in [0.25, 0.3) is 0 Å². The van der Waals surface area contributed by atoms with Gasteiger partial charge in [-0.2, -0.15) is 0 Å². The van der Waals surface area contributed by atoms with Crippen molar-refractivity contribution in [3.05, 3.63) is 0 Å². The maximum atomic E-state index is 2.82. The molecule has 3 aliphatic heterocycles. The molecule has 3 heterocycles. The Morgan fingerprint density at radius 1 is 0.615 bits per heavy atom. The van der Waals surface area contributed by atoms with E-state index >= 15 is 0 Å². The van der Waals surface area contributed by atoms with Gasteiger partial charge in [0.05, 0.1) is 0 Å². The summed E-state index contributed by atoms with van der Waals surface area (Å²) in [5.74, 6) is 2.91. The first-order chi connectivity index (χ1) is 12.1. The van der Waals surface area contributed by atoms with Crippen LogP contribution in [0.2, 0.25) is 0 Å². The SMILES string of the molecule is CC(C)(C)N1CCC(CN2CCC(C3CCN(C(C)(C)C)CC3)C2)CC1. The Morgan fingerprint density at radius 3 is 1.58 bits per heavy atom. The molecule has 1 unspecified atom stereocenters. The van der Waals surface area contributed by atoms with Gasteiger partial charge in [0.25, 0.3) is 0 Å². The van der Waals surface area contributed by atoms with Gasteiger partial charge >= 0.3 is 0 Å². The second kappa shape index (κ2) is 8.09. The largest absolute Gasteiger partial charge is 0.303 e. The number of hydrogen-bond acceptors (Lipinski definition) is 3. The van der Waals surface area contributed by atoms with Gasteiger partial charge in [-0.3, -0.25) is 9.80 Å². The van der Waals surface area contributed by atoms with Crippen LogP contribution in [0.5, 0.6) is 0 Å². The molecule has 1 atom stereocenters. The Labute approximate surface area is 163 Å². The molecule has 0 aromatic rings. The highest BCUT2D eigenvalue weighted by atomic mass is 15.2. The number of nitrogens with zero attached hydrogens (tertiary/aromatic N) is 3. The molecule has 0 spiro atoms. The van der Waals surface area contributed by atoms with Crippen molar-refractivity contribution >= 4 is 0 Å². The predicted molar refractivity (Wildman–Crippen MR) is 113 cm³/mol. The standard InChI is InChI=1S/C23H45N3/c1-22(2,3)25-13-7-19(8-14-25)17-24-12-9-21(18-24)20-10-15-26(16-11-20)23(4,5)6/h19-21H,7-18H2,1-6H3. The smallest absolute Gasteiger partial charge is 0.0125 e. The van der Waals surface area contributed by atoms with Crippen molar-refractivity contribution in [1.82, 2.24) is 14.7 Å². The molecule has 3 rings (SSSR count). The Morgan fingerprint density at radius 2 is 1.08 bits per heavy atom. The number of rotatable bonds is 3. The molecule has 0 amide bonds. The molecule has 3 fully saturated rings.